The van der Waals surface area contributed by atoms with Crippen molar-refractivity contribution in [3.8, 4) is 5.75 Å². The maximum Gasteiger partial charge on any atom is 0.307 e. The lowest BCUT2D eigenvalue weighted by atomic mass is 9.50. The molecule has 0 saturated heterocycles. The van der Waals surface area contributed by atoms with Crippen LogP contribution in [-0.2, 0) is 0 Å². The van der Waals surface area contributed by atoms with Gasteiger partial charge in [0.15, 0.2) is 0 Å². The number of aromatic nitrogens is 2. The summed E-state index contributed by atoms with van der Waals surface area (Å²) in [5, 5.41) is 17.3. The van der Waals surface area contributed by atoms with Crippen LogP contribution in [0.15, 0.2) is 22.8 Å². The number of nitrogens with one attached hydrogen (secondary N) is 2. The molecule has 3 aliphatic rings. The lowest BCUT2D eigenvalue weighted by Crippen LogP contribution is -2.63. The van der Waals surface area contributed by atoms with E-state index in [0.29, 0.717) is 5.82 Å². The van der Waals surface area contributed by atoms with Crippen molar-refractivity contribution in [1.29, 1.82) is 0 Å². The van der Waals surface area contributed by atoms with Crippen LogP contribution in [0.25, 0.3) is 0 Å². The number of hydrogen-bond donors (Lipinski definition) is 2. The van der Waals surface area contributed by atoms with Gasteiger partial charge in [-0.15, -0.1) is 0 Å². The molecule has 10 heteroatoms. The van der Waals surface area contributed by atoms with Crippen molar-refractivity contribution in [2.75, 3.05) is 17.7 Å². The van der Waals surface area contributed by atoms with Crippen LogP contribution in [0.4, 0.5) is 27.5 Å². The van der Waals surface area contributed by atoms with E-state index in [1.807, 2.05) is 0 Å². The Labute approximate surface area is 156 Å². The van der Waals surface area contributed by atoms with E-state index < -0.39 is 16.4 Å². The molecular formula is C16H15BrFN5O3. The van der Waals surface area contributed by atoms with Crippen LogP contribution in [0.1, 0.15) is 19.3 Å². The second-order valence-electron chi connectivity index (χ2n) is 6.66. The highest BCUT2D eigenvalue weighted by molar-refractivity contribution is 9.10. The molecule has 0 amide bonds. The molecule has 5 rings (SSSR count). The SMILES string of the molecule is COc1cc(F)c([N+](=O)[O-])cc1Nc1ncc(Br)c(NC23CC(C2)C3)n1. The predicted molar refractivity (Wildman–Crippen MR) is 96.3 cm³/mol. The summed E-state index contributed by atoms with van der Waals surface area (Å²) in [7, 11) is 1.35. The zero-order valence-electron chi connectivity index (χ0n) is 13.8. The van der Waals surface area contributed by atoms with E-state index in [-0.39, 0.29) is 22.9 Å². The van der Waals surface area contributed by atoms with Gasteiger partial charge < -0.3 is 15.4 Å². The molecule has 0 radical (unpaired) electrons. The number of anilines is 3. The molecule has 1 aromatic heterocycles. The number of nitro benzene ring substituents is 1. The first-order valence-corrected chi connectivity index (χ1v) is 8.78. The summed E-state index contributed by atoms with van der Waals surface area (Å²) in [5.74, 6) is 0.844. The number of halogens is 2. The highest BCUT2D eigenvalue weighted by Crippen LogP contribution is 2.58. The Morgan fingerprint density at radius 1 is 1.42 bits per heavy atom. The van der Waals surface area contributed by atoms with Crippen molar-refractivity contribution >= 4 is 39.1 Å². The fraction of sp³-hybridized carbons (Fsp3) is 0.375. The molecule has 0 atom stereocenters. The molecule has 136 valence electrons. The lowest BCUT2D eigenvalue weighted by Gasteiger charge is -2.62. The van der Waals surface area contributed by atoms with E-state index in [1.165, 1.54) is 7.11 Å². The Morgan fingerprint density at radius 2 is 2.15 bits per heavy atom. The van der Waals surface area contributed by atoms with Crippen LogP contribution in [0, 0.1) is 21.8 Å². The molecule has 0 unspecified atom stereocenters. The van der Waals surface area contributed by atoms with Crippen LogP contribution in [-0.4, -0.2) is 27.5 Å². The zero-order valence-corrected chi connectivity index (χ0v) is 15.3. The molecule has 1 heterocycles. The maximum atomic E-state index is 13.8. The summed E-state index contributed by atoms with van der Waals surface area (Å²) in [6.07, 6.45) is 5.02. The van der Waals surface area contributed by atoms with Crippen molar-refractivity contribution in [2.24, 2.45) is 5.92 Å². The highest BCUT2D eigenvalue weighted by Gasteiger charge is 2.56. The second kappa shape index (κ2) is 6.04. The summed E-state index contributed by atoms with van der Waals surface area (Å²) in [6.45, 7) is 0. The number of nitrogens with zero attached hydrogens (tertiary/aromatic N) is 3. The quantitative estimate of drug-likeness (QED) is 0.534. The lowest BCUT2D eigenvalue weighted by molar-refractivity contribution is -0.387. The summed E-state index contributed by atoms with van der Waals surface area (Å²) in [6, 6.07) is 2.02. The van der Waals surface area contributed by atoms with Crippen LogP contribution < -0.4 is 15.4 Å². The summed E-state index contributed by atoms with van der Waals surface area (Å²) in [5.41, 5.74) is -0.317. The Bertz CT molecular complexity index is 893. The molecule has 1 aromatic carbocycles. The molecule has 2 aromatic rings. The first-order chi connectivity index (χ1) is 12.4. The summed E-state index contributed by atoms with van der Waals surface area (Å²) >= 11 is 3.43. The largest absolute Gasteiger partial charge is 0.494 e. The van der Waals surface area contributed by atoms with Crippen LogP contribution in [0.2, 0.25) is 0 Å². The summed E-state index contributed by atoms with van der Waals surface area (Å²) < 4.78 is 19.6. The number of nitro groups is 1. The van der Waals surface area contributed by atoms with Gasteiger partial charge in [-0.1, -0.05) is 0 Å². The molecule has 3 saturated carbocycles. The third-order valence-corrected chi connectivity index (χ3v) is 5.46. The molecular weight excluding hydrogens is 409 g/mol. The van der Waals surface area contributed by atoms with Gasteiger partial charge in [0, 0.05) is 23.9 Å². The number of hydrogen-bond acceptors (Lipinski definition) is 7. The van der Waals surface area contributed by atoms with Gasteiger partial charge in [-0.2, -0.15) is 9.37 Å². The zero-order chi connectivity index (χ0) is 18.5. The Kier molecular flexibility index (Phi) is 3.94. The Hall–Kier alpha value is -2.49. The number of benzene rings is 1. The van der Waals surface area contributed by atoms with Crippen molar-refractivity contribution in [3.05, 3.63) is 38.7 Å². The van der Waals surface area contributed by atoms with Gasteiger partial charge in [0.1, 0.15) is 11.6 Å². The van der Waals surface area contributed by atoms with Crippen molar-refractivity contribution in [2.45, 2.75) is 24.8 Å². The van der Waals surface area contributed by atoms with E-state index in [1.54, 1.807) is 6.20 Å². The molecule has 0 aliphatic heterocycles. The minimum atomic E-state index is -0.972. The average molecular weight is 424 g/mol. The molecule has 2 N–H and O–H groups in total. The minimum absolute atomic E-state index is 0.119. The molecule has 0 spiro atoms. The monoisotopic (exact) mass is 423 g/mol. The second-order valence-corrected chi connectivity index (χ2v) is 7.51. The fourth-order valence-corrected chi connectivity index (χ4v) is 3.76. The molecule has 26 heavy (non-hydrogen) atoms. The fourth-order valence-electron chi connectivity index (χ4n) is 3.47. The standard InChI is InChI=1S/C16H15BrFN5O3/c1-26-13-2-10(18)12(23(24)25)3-11(13)20-15-19-7-9(17)14(21-15)22-16-4-8(5-16)6-16/h2-3,7-8H,4-6H2,1H3,(H2,19,20,21,22). The minimum Gasteiger partial charge on any atom is -0.494 e. The maximum absolute atomic E-state index is 13.8. The normalized spacial score (nSPS) is 22.8. The smallest absolute Gasteiger partial charge is 0.307 e. The van der Waals surface area contributed by atoms with Gasteiger partial charge >= 0.3 is 5.69 Å². The average Bonchev–Trinajstić information content (AvgIpc) is 2.53. The predicted octanol–water partition coefficient (Wildman–Crippen LogP) is 4.00. The molecule has 3 aliphatic carbocycles. The van der Waals surface area contributed by atoms with Crippen LogP contribution in [0.5, 0.6) is 5.75 Å². The number of rotatable bonds is 6. The third-order valence-electron chi connectivity index (χ3n) is 4.88. The molecule has 3 fully saturated rings. The van der Waals surface area contributed by atoms with Gasteiger partial charge in [0.2, 0.25) is 11.8 Å². The molecule has 8 nitrogen and oxygen atoms in total. The number of ether oxygens (including phenoxy) is 1. The van der Waals surface area contributed by atoms with Crippen molar-refractivity contribution < 1.29 is 14.1 Å². The van der Waals surface area contributed by atoms with Gasteiger partial charge in [-0.25, -0.2) is 4.98 Å². The van der Waals surface area contributed by atoms with E-state index in [2.05, 4.69) is 36.5 Å². The third kappa shape index (κ3) is 2.83. The van der Waals surface area contributed by atoms with Crippen LogP contribution >= 0.6 is 15.9 Å². The highest BCUT2D eigenvalue weighted by atomic mass is 79.9. The van der Waals surface area contributed by atoms with Gasteiger partial charge in [0.25, 0.3) is 0 Å². The first kappa shape index (κ1) is 17.0. The van der Waals surface area contributed by atoms with Crippen LogP contribution in [0.3, 0.4) is 0 Å². The van der Waals surface area contributed by atoms with E-state index in [9.17, 15) is 14.5 Å². The molecule has 2 bridgehead atoms. The summed E-state index contributed by atoms with van der Waals surface area (Å²) in [4.78, 5) is 18.8. The van der Waals surface area contributed by atoms with E-state index in [4.69, 9.17) is 4.74 Å². The topological polar surface area (TPSA) is 102 Å². The van der Waals surface area contributed by atoms with Crippen molar-refractivity contribution in [3.63, 3.8) is 0 Å². The van der Waals surface area contributed by atoms with E-state index in [0.717, 1.165) is 41.8 Å². The Morgan fingerprint density at radius 3 is 2.73 bits per heavy atom. The Balaban J connectivity index is 1.62. The van der Waals surface area contributed by atoms with E-state index >= 15 is 0 Å². The van der Waals surface area contributed by atoms with Gasteiger partial charge in [-0.3, -0.25) is 10.1 Å². The van der Waals surface area contributed by atoms with Gasteiger partial charge in [-0.05, 0) is 41.1 Å². The number of methoxy groups -OCH3 is 1. The first-order valence-electron chi connectivity index (χ1n) is 7.99. The van der Waals surface area contributed by atoms with Gasteiger partial charge in [0.05, 0.1) is 22.2 Å². The van der Waals surface area contributed by atoms with Crippen molar-refractivity contribution in [1.82, 2.24) is 9.97 Å².